The topological polar surface area (TPSA) is 119 Å². The third-order valence-corrected chi connectivity index (χ3v) is 3.66. The number of nitrogens with one attached hydrogen (secondary N) is 2. The van der Waals surface area contributed by atoms with Gasteiger partial charge >= 0.3 is 0 Å². The predicted molar refractivity (Wildman–Crippen MR) is 73.1 cm³/mol. The maximum Gasteiger partial charge on any atom is 0.245 e. The third kappa shape index (κ3) is 4.68. The average molecular weight is 301 g/mol. The molecule has 1 heterocycles. The summed E-state index contributed by atoms with van der Waals surface area (Å²) in [4.78, 5) is 36.7. The normalized spacial score (nSPS) is 20.8. The molecule has 0 aromatic carbocycles. The van der Waals surface area contributed by atoms with Crippen molar-refractivity contribution in [1.29, 1.82) is 0 Å². The van der Waals surface area contributed by atoms with Gasteiger partial charge in [-0.05, 0) is 19.8 Å². The van der Waals surface area contributed by atoms with Crippen LogP contribution in [0.3, 0.4) is 0 Å². The van der Waals surface area contributed by atoms with Gasteiger partial charge in [-0.3, -0.25) is 19.6 Å². The average Bonchev–Trinajstić information content (AvgIpc) is 2.94. The highest BCUT2D eigenvalue weighted by atomic mass is 16.5. The van der Waals surface area contributed by atoms with Gasteiger partial charge in [-0.25, -0.2) is 5.48 Å². The fourth-order valence-corrected chi connectivity index (χ4v) is 2.40. The first-order valence-corrected chi connectivity index (χ1v) is 7.05. The van der Waals surface area contributed by atoms with Gasteiger partial charge in [0.05, 0.1) is 12.6 Å². The highest BCUT2D eigenvalue weighted by molar-refractivity contribution is 5.90. The molecule has 0 spiro atoms. The van der Waals surface area contributed by atoms with Gasteiger partial charge in [0.2, 0.25) is 17.7 Å². The van der Waals surface area contributed by atoms with Crippen molar-refractivity contribution in [3.63, 3.8) is 0 Å². The van der Waals surface area contributed by atoms with Crippen LogP contribution >= 0.6 is 0 Å². The summed E-state index contributed by atoms with van der Waals surface area (Å²) in [7, 11) is 0. The second kappa shape index (κ2) is 7.94. The van der Waals surface area contributed by atoms with E-state index in [-0.39, 0.29) is 25.0 Å². The zero-order valence-corrected chi connectivity index (χ0v) is 12.3. The summed E-state index contributed by atoms with van der Waals surface area (Å²) in [5.41, 5.74) is 1.46. The van der Waals surface area contributed by atoms with E-state index in [1.165, 1.54) is 12.4 Å². The quantitative estimate of drug-likeness (QED) is 0.371. The molecule has 1 aliphatic rings. The van der Waals surface area contributed by atoms with Crippen LogP contribution in [-0.4, -0.2) is 58.2 Å². The molecule has 0 bridgehead atoms. The van der Waals surface area contributed by atoms with E-state index in [1.54, 1.807) is 11.8 Å². The van der Waals surface area contributed by atoms with E-state index >= 15 is 0 Å². The van der Waals surface area contributed by atoms with Gasteiger partial charge < -0.3 is 15.3 Å². The minimum atomic E-state index is -0.718. The van der Waals surface area contributed by atoms with Crippen molar-refractivity contribution in [1.82, 2.24) is 15.7 Å². The molecular formula is C13H23N3O5. The summed E-state index contributed by atoms with van der Waals surface area (Å²) in [5, 5.41) is 20.2. The van der Waals surface area contributed by atoms with E-state index in [0.717, 1.165) is 12.8 Å². The molecular weight excluding hydrogens is 278 g/mol. The van der Waals surface area contributed by atoms with Crippen LogP contribution < -0.4 is 10.8 Å². The zero-order chi connectivity index (χ0) is 16.0. The number of hydrogen-bond donors (Lipinski definition) is 4. The Balaban J connectivity index is 2.51. The van der Waals surface area contributed by atoms with Gasteiger partial charge in [-0.15, -0.1) is 0 Å². The summed E-state index contributed by atoms with van der Waals surface area (Å²) in [5.74, 6) is -1.98. The minimum Gasteiger partial charge on any atom is -0.394 e. The van der Waals surface area contributed by atoms with E-state index in [2.05, 4.69) is 5.32 Å². The van der Waals surface area contributed by atoms with E-state index in [4.69, 9.17) is 5.21 Å². The van der Waals surface area contributed by atoms with Crippen LogP contribution in [0, 0.1) is 5.92 Å². The lowest BCUT2D eigenvalue weighted by Gasteiger charge is -2.27. The van der Waals surface area contributed by atoms with Gasteiger partial charge in [0, 0.05) is 18.9 Å². The molecule has 0 aromatic heterocycles. The van der Waals surface area contributed by atoms with Gasteiger partial charge in [0.1, 0.15) is 6.04 Å². The second-order valence-electron chi connectivity index (χ2n) is 5.38. The minimum absolute atomic E-state index is 0.0838. The molecule has 8 heteroatoms. The van der Waals surface area contributed by atoms with Crippen molar-refractivity contribution < 1.29 is 24.7 Å². The molecule has 21 heavy (non-hydrogen) atoms. The Morgan fingerprint density at radius 1 is 1.33 bits per heavy atom. The van der Waals surface area contributed by atoms with Crippen LogP contribution in [0.2, 0.25) is 0 Å². The number of hydroxylamine groups is 1. The molecule has 0 saturated carbocycles. The summed E-state index contributed by atoms with van der Waals surface area (Å²) in [6, 6.07) is -0.904. The summed E-state index contributed by atoms with van der Waals surface area (Å²) in [6.45, 7) is 3.60. The molecule has 1 aliphatic heterocycles. The van der Waals surface area contributed by atoms with E-state index in [0.29, 0.717) is 6.54 Å². The molecule has 120 valence electrons. The third-order valence-electron chi connectivity index (χ3n) is 3.66. The van der Waals surface area contributed by atoms with Crippen LogP contribution in [0.15, 0.2) is 0 Å². The van der Waals surface area contributed by atoms with Gasteiger partial charge in [0.15, 0.2) is 0 Å². The molecule has 3 atom stereocenters. The lowest BCUT2D eigenvalue weighted by molar-refractivity contribution is -0.139. The standard InChI is InChI=1S/C13H23N3O5/c1-8(6-11(18)15-21)12(19)14-9(2)13(20)16-5-3-4-10(16)7-17/h8-10,17,21H,3-7H2,1-2H3,(H,14,19)(H,15,18)/t8-,9+,10+/m1/s1. The van der Waals surface area contributed by atoms with Crippen molar-refractivity contribution in [2.45, 2.75) is 45.2 Å². The Labute approximate surface area is 123 Å². The number of aliphatic hydroxyl groups is 1. The van der Waals surface area contributed by atoms with Crippen LogP contribution in [0.4, 0.5) is 0 Å². The number of carbonyl (C=O) groups is 3. The van der Waals surface area contributed by atoms with Crippen molar-refractivity contribution in [3.8, 4) is 0 Å². The Hall–Kier alpha value is -1.67. The maximum atomic E-state index is 12.2. The molecule has 8 nitrogen and oxygen atoms in total. The number of carbonyl (C=O) groups excluding carboxylic acids is 3. The van der Waals surface area contributed by atoms with Crippen LogP contribution in [0.25, 0.3) is 0 Å². The van der Waals surface area contributed by atoms with Crippen LogP contribution in [-0.2, 0) is 14.4 Å². The highest BCUT2D eigenvalue weighted by Crippen LogP contribution is 2.17. The Kier molecular flexibility index (Phi) is 6.57. The SMILES string of the molecule is C[C@H](CC(=O)NO)C(=O)N[C@@H](C)C(=O)N1CCC[C@H]1CO. The number of nitrogens with zero attached hydrogens (tertiary/aromatic N) is 1. The molecule has 1 saturated heterocycles. The number of amides is 3. The monoisotopic (exact) mass is 301 g/mol. The Morgan fingerprint density at radius 2 is 2.00 bits per heavy atom. The van der Waals surface area contributed by atoms with Crippen molar-refractivity contribution in [3.05, 3.63) is 0 Å². The van der Waals surface area contributed by atoms with Crippen molar-refractivity contribution >= 4 is 17.7 Å². The van der Waals surface area contributed by atoms with E-state index in [9.17, 15) is 19.5 Å². The number of rotatable bonds is 6. The van der Waals surface area contributed by atoms with Crippen LogP contribution in [0.5, 0.6) is 0 Å². The van der Waals surface area contributed by atoms with Crippen molar-refractivity contribution in [2.24, 2.45) is 5.92 Å². The maximum absolute atomic E-state index is 12.2. The molecule has 0 unspecified atom stereocenters. The molecule has 4 N–H and O–H groups in total. The molecule has 0 radical (unpaired) electrons. The van der Waals surface area contributed by atoms with Crippen molar-refractivity contribution in [2.75, 3.05) is 13.2 Å². The lowest BCUT2D eigenvalue weighted by atomic mass is 10.1. The first kappa shape index (κ1) is 17.4. The van der Waals surface area contributed by atoms with E-state index < -0.39 is 23.8 Å². The predicted octanol–water partition coefficient (Wildman–Crippen LogP) is -0.994. The summed E-state index contributed by atoms with van der Waals surface area (Å²) >= 11 is 0. The first-order chi connectivity index (χ1) is 9.90. The molecule has 1 fully saturated rings. The largest absolute Gasteiger partial charge is 0.394 e. The second-order valence-corrected chi connectivity index (χ2v) is 5.38. The van der Waals surface area contributed by atoms with E-state index in [1.807, 2.05) is 0 Å². The summed E-state index contributed by atoms with van der Waals surface area (Å²) in [6.07, 6.45) is 1.44. The molecule has 1 rings (SSSR count). The zero-order valence-electron chi connectivity index (χ0n) is 12.3. The van der Waals surface area contributed by atoms with Crippen LogP contribution in [0.1, 0.15) is 33.1 Å². The first-order valence-electron chi connectivity index (χ1n) is 7.05. The number of aliphatic hydroxyl groups excluding tert-OH is 1. The van der Waals surface area contributed by atoms with Gasteiger partial charge in [-0.2, -0.15) is 0 Å². The fourth-order valence-electron chi connectivity index (χ4n) is 2.40. The fraction of sp³-hybridized carbons (Fsp3) is 0.769. The Morgan fingerprint density at radius 3 is 2.57 bits per heavy atom. The summed E-state index contributed by atoms with van der Waals surface area (Å²) < 4.78 is 0. The smallest absolute Gasteiger partial charge is 0.245 e. The van der Waals surface area contributed by atoms with Gasteiger partial charge in [-0.1, -0.05) is 6.92 Å². The van der Waals surface area contributed by atoms with Gasteiger partial charge in [0.25, 0.3) is 0 Å². The molecule has 0 aliphatic carbocycles. The number of likely N-dealkylation sites (tertiary alicyclic amines) is 1. The number of hydrogen-bond acceptors (Lipinski definition) is 5. The highest BCUT2D eigenvalue weighted by Gasteiger charge is 2.32. The lowest BCUT2D eigenvalue weighted by Crippen LogP contribution is -2.50. The molecule has 0 aromatic rings. The molecule has 3 amide bonds. The Bertz CT molecular complexity index is 401.